The van der Waals surface area contributed by atoms with Crippen molar-refractivity contribution in [3.8, 4) is 0 Å². The maximum absolute atomic E-state index is 12.6. The molecule has 0 saturated carbocycles. The molecule has 0 spiro atoms. The van der Waals surface area contributed by atoms with Gasteiger partial charge in [-0.25, -0.2) is 16.8 Å². The summed E-state index contributed by atoms with van der Waals surface area (Å²) in [6, 6.07) is 10.9. The molecule has 2 aromatic carbocycles. The molecule has 0 aliphatic heterocycles. The summed E-state index contributed by atoms with van der Waals surface area (Å²) in [7, 11) is -6.82. The first-order valence-electron chi connectivity index (χ1n) is 7.47. The maximum atomic E-state index is 12.6. The number of H-pyrrole nitrogens is 1. The van der Waals surface area contributed by atoms with E-state index < -0.39 is 27.1 Å². The molecule has 0 aliphatic rings. The maximum Gasteiger partial charge on any atom is 0.261 e. The summed E-state index contributed by atoms with van der Waals surface area (Å²) in [5.74, 6) is 0. The molecule has 0 aliphatic carbocycles. The molecule has 1 atom stereocenters. The first-order chi connectivity index (χ1) is 12.3. The van der Waals surface area contributed by atoms with Crippen molar-refractivity contribution in [2.45, 2.75) is 17.9 Å². The van der Waals surface area contributed by atoms with E-state index in [1.54, 1.807) is 31.3 Å². The molecule has 0 amide bonds. The van der Waals surface area contributed by atoms with Gasteiger partial charge in [0.05, 0.1) is 27.2 Å². The van der Waals surface area contributed by atoms with Crippen molar-refractivity contribution in [2.75, 3.05) is 4.72 Å². The molecule has 10 heteroatoms. The van der Waals surface area contributed by atoms with Crippen LogP contribution in [0.3, 0.4) is 0 Å². The number of sulfonamides is 1. The first kappa shape index (κ1) is 18.7. The largest absolute Gasteiger partial charge is 0.358 e. The van der Waals surface area contributed by atoms with E-state index in [-0.39, 0.29) is 4.90 Å². The molecule has 3 aromatic rings. The van der Waals surface area contributed by atoms with Crippen LogP contribution in [0.5, 0.6) is 0 Å². The van der Waals surface area contributed by atoms with Crippen LogP contribution in [0.2, 0.25) is 5.02 Å². The third kappa shape index (κ3) is 3.85. The van der Waals surface area contributed by atoms with E-state index in [1.807, 2.05) is 0 Å². The predicted molar refractivity (Wildman–Crippen MR) is 100 cm³/mol. The SMILES string of the molecule is CC(O[SH](=O)=O)c1ccc(S(=O)(=O)Nc2cccc3c(Cl)c[nH]c23)cc1. The molecule has 0 radical (unpaired) electrons. The quantitative estimate of drug-likeness (QED) is 0.537. The van der Waals surface area contributed by atoms with Crippen LogP contribution in [0.15, 0.2) is 53.6 Å². The van der Waals surface area contributed by atoms with Crippen LogP contribution in [0.25, 0.3) is 10.9 Å². The molecular weight excluding hydrogens is 400 g/mol. The smallest absolute Gasteiger partial charge is 0.261 e. The van der Waals surface area contributed by atoms with Gasteiger partial charge in [0.15, 0.2) is 0 Å². The van der Waals surface area contributed by atoms with Crippen LogP contribution < -0.4 is 4.72 Å². The number of anilines is 1. The van der Waals surface area contributed by atoms with Gasteiger partial charge in [0.2, 0.25) is 0 Å². The average molecular weight is 415 g/mol. The topological polar surface area (TPSA) is 105 Å². The fourth-order valence-corrected chi connectivity index (χ4v) is 4.18. The lowest BCUT2D eigenvalue weighted by Crippen LogP contribution is -2.13. The summed E-state index contributed by atoms with van der Waals surface area (Å²) in [5.41, 5.74) is 1.50. The Labute approximate surface area is 157 Å². The van der Waals surface area contributed by atoms with Gasteiger partial charge in [0.1, 0.15) is 0 Å². The first-order valence-corrected chi connectivity index (χ1v) is 10.4. The Morgan fingerprint density at radius 3 is 2.50 bits per heavy atom. The number of halogens is 1. The summed E-state index contributed by atoms with van der Waals surface area (Å²) < 4.78 is 53.7. The molecular formula is C16H15ClN2O5S2. The van der Waals surface area contributed by atoms with Crippen LogP contribution in [0, 0.1) is 0 Å². The van der Waals surface area contributed by atoms with E-state index in [1.165, 1.54) is 24.3 Å². The fraction of sp³-hybridized carbons (Fsp3) is 0.125. The number of para-hydroxylation sites is 1. The Hall–Kier alpha value is -2.07. The molecule has 0 fully saturated rings. The van der Waals surface area contributed by atoms with Crippen LogP contribution in [-0.4, -0.2) is 21.8 Å². The highest BCUT2D eigenvalue weighted by molar-refractivity contribution is 7.92. The van der Waals surface area contributed by atoms with Gasteiger partial charge in [-0.05, 0) is 30.7 Å². The molecule has 1 unspecified atom stereocenters. The molecule has 2 N–H and O–H groups in total. The summed E-state index contributed by atoms with van der Waals surface area (Å²) >= 11 is 6.05. The summed E-state index contributed by atoms with van der Waals surface area (Å²) in [4.78, 5) is 2.98. The second-order valence-corrected chi connectivity index (χ2v) is 8.26. The summed E-state index contributed by atoms with van der Waals surface area (Å²) in [6.45, 7) is 1.56. The Morgan fingerprint density at radius 1 is 1.15 bits per heavy atom. The van der Waals surface area contributed by atoms with Gasteiger partial charge in [-0.2, -0.15) is 0 Å². The van der Waals surface area contributed by atoms with Gasteiger partial charge in [0.25, 0.3) is 21.0 Å². The van der Waals surface area contributed by atoms with Crippen molar-refractivity contribution < 1.29 is 21.0 Å². The third-order valence-corrected chi connectivity index (χ3v) is 6.00. The van der Waals surface area contributed by atoms with Crippen molar-refractivity contribution >= 4 is 49.2 Å². The Balaban J connectivity index is 1.88. The molecule has 3 rings (SSSR count). The van der Waals surface area contributed by atoms with E-state index >= 15 is 0 Å². The van der Waals surface area contributed by atoms with Crippen LogP contribution >= 0.6 is 11.6 Å². The van der Waals surface area contributed by atoms with Crippen molar-refractivity contribution in [1.82, 2.24) is 4.98 Å². The monoisotopic (exact) mass is 414 g/mol. The van der Waals surface area contributed by atoms with Crippen LogP contribution in [0.1, 0.15) is 18.6 Å². The van der Waals surface area contributed by atoms with Gasteiger partial charge in [0, 0.05) is 11.6 Å². The average Bonchev–Trinajstić information content (AvgIpc) is 2.97. The number of hydrogen-bond donors (Lipinski definition) is 3. The number of aromatic amines is 1. The standard InChI is InChI=1S/C16H15ClN2O5S2/c1-10(24-25(20)21)11-5-7-12(8-6-11)26(22,23)19-15-4-2-3-13-14(17)9-18-16(13)15/h2-10,18-19,25H,1H3. The lowest BCUT2D eigenvalue weighted by Gasteiger charge is -2.11. The highest BCUT2D eigenvalue weighted by Crippen LogP contribution is 2.30. The number of fused-ring (bicyclic) bond motifs is 1. The van der Waals surface area contributed by atoms with Gasteiger partial charge in [-0.3, -0.25) is 8.91 Å². The number of benzene rings is 2. The molecule has 7 nitrogen and oxygen atoms in total. The zero-order chi connectivity index (χ0) is 18.9. The van der Waals surface area contributed by atoms with Gasteiger partial charge < -0.3 is 4.98 Å². The van der Waals surface area contributed by atoms with Crippen molar-refractivity contribution in [3.05, 3.63) is 59.2 Å². The zero-order valence-electron chi connectivity index (χ0n) is 13.5. The van der Waals surface area contributed by atoms with Gasteiger partial charge >= 0.3 is 0 Å². The summed E-state index contributed by atoms with van der Waals surface area (Å²) in [6.07, 6.45) is 0.886. The van der Waals surface area contributed by atoms with Crippen molar-refractivity contribution in [1.29, 1.82) is 0 Å². The lowest BCUT2D eigenvalue weighted by molar-refractivity contribution is 0.245. The second kappa shape index (κ2) is 7.28. The molecule has 1 heterocycles. The third-order valence-electron chi connectivity index (χ3n) is 3.81. The zero-order valence-corrected chi connectivity index (χ0v) is 15.9. The number of thiol groups is 1. The minimum atomic E-state index is -3.83. The van der Waals surface area contributed by atoms with Crippen molar-refractivity contribution in [2.24, 2.45) is 0 Å². The van der Waals surface area contributed by atoms with E-state index in [0.29, 0.717) is 27.2 Å². The molecule has 138 valence electrons. The van der Waals surface area contributed by atoms with E-state index in [0.717, 1.165) is 0 Å². The van der Waals surface area contributed by atoms with Crippen LogP contribution in [0.4, 0.5) is 5.69 Å². The predicted octanol–water partition coefficient (Wildman–Crippen LogP) is 3.23. The normalized spacial score (nSPS) is 13.2. The Kier molecular flexibility index (Phi) is 5.24. The van der Waals surface area contributed by atoms with E-state index in [4.69, 9.17) is 11.6 Å². The van der Waals surface area contributed by atoms with Gasteiger partial charge in [-0.15, -0.1) is 0 Å². The second-order valence-electron chi connectivity index (χ2n) is 5.51. The Bertz CT molecular complexity index is 1110. The number of hydrogen-bond acceptors (Lipinski definition) is 5. The highest BCUT2D eigenvalue weighted by Gasteiger charge is 2.17. The minimum Gasteiger partial charge on any atom is -0.358 e. The van der Waals surface area contributed by atoms with Crippen LogP contribution in [-0.2, 0) is 25.2 Å². The number of rotatable bonds is 6. The van der Waals surface area contributed by atoms with E-state index in [2.05, 4.69) is 13.9 Å². The minimum absolute atomic E-state index is 0.0367. The van der Waals surface area contributed by atoms with Crippen molar-refractivity contribution in [3.63, 3.8) is 0 Å². The lowest BCUT2D eigenvalue weighted by atomic mass is 10.1. The molecule has 0 saturated heterocycles. The fourth-order valence-electron chi connectivity index (χ4n) is 2.52. The Morgan fingerprint density at radius 2 is 1.85 bits per heavy atom. The number of nitrogens with one attached hydrogen (secondary N) is 2. The molecule has 0 bridgehead atoms. The number of aromatic nitrogens is 1. The van der Waals surface area contributed by atoms with E-state index in [9.17, 15) is 16.8 Å². The van der Waals surface area contributed by atoms with Gasteiger partial charge in [-0.1, -0.05) is 35.9 Å². The highest BCUT2D eigenvalue weighted by atomic mass is 35.5. The molecule has 26 heavy (non-hydrogen) atoms. The molecule has 1 aromatic heterocycles. The summed E-state index contributed by atoms with van der Waals surface area (Å²) in [5, 5.41) is 1.20.